The van der Waals surface area contributed by atoms with Crippen LogP contribution in [-0.2, 0) is 11.3 Å². The van der Waals surface area contributed by atoms with E-state index in [1.165, 1.54) is 11.3 Å². The summed E-state index contributed by atoms with van der Waals surface area (Å²) in [6, 6.07) is 11.1. The van der Waals surface area contributed by atoms with Gasteiger partial charge in [-0.1, -0.05) is 29.5 Å². The molecule has 0 fully saturated rings. The minimum absolute atomic E-state index is 0.205. The lowest BCUT2D eigenvalue weighted by Crippen LogP contribution is -2.15. The standard InChI is InChI=1S/C18H16N2O4S/c1-22-10-11-4-2-3-5-12(11)17(21)20-18-19-13-8-14-15(9-16(13)25-18)24-7-6-23-14/h2-5,8-9H,6-7,10H2,1H3,(H,19,20,21). The molecule has 25 heavy (non-hydrogen) atoms. The largest absolute Gasteiger partial charge is 0.486 e. The van der Waals surface area contributed by atoms with Crippen molar-refractivity contribution >= 4 is 32.6 Å². The lowest BCUT2D eigenvalue weighted by molar-refractivity contribution is 0.102. The quantitative estimate of drug-likeness (QED) is 0.775. The summed E-state index contributed by atoms with van der Waals surface area (Å²) in [6.07, 6.45) is 0. The van der Waals surface area contributed by atoms with Crippen LogP contribution in [0, 0.1) is 0 Å². The van der Waals surface area contributed by atoms with Gasteiger partial charge in [0.05, 0.1) is 16.8 Å². The number of nitrogens with one attached hydrogen (secondary N) is 1. The number of aromatic nitrogens is 1. The third-order valence-electron chi connectivity index (χ3n) is 3.83. The molecule has 1 N–H and O–H groups in total. The van der Waals surface area contributed by atoms with E-state index in [2.05, 4.69) is 10.3 Å². The Morgan fingerprint density at radius 2 is 2.00 bits per heavy atom. The number of amides is 1. The molecule has 2 aromatic carbocycles. The molecule has 128 valence electrons. The minimum atomic E-state index is -0.205. The molecule has 0 spiro atoms. The molecule has 7 heteroatoms. The summed E-state index contributed by atoms with van der Waals surface area (Å²) < 4.78 is 17.2. The van der Waals surface area contributed by atoms with Crippen LogP contribution in [0.1, 0.15) is 15.9 Å². The van der Waals surface area contributed by atoms with Gasteiger partial charge in [0, 0.05) is 24.8 Å². The van der Waals surface area contributed by atoms with Crippen LogP contribution in [0.25, 0.3) is 10.2 Å². The summed E-state index contributed by atoms with van der Waals surface area (Å²) in [5.41, 5.74) is 2.19. The van der Waals surface area contributed by atoms with Gasteiger partial charge in [0.15, 0.2) is 16.6 Å². The molecule has 3 aromatic rings. The molecule has 0 bridgehead atoms. The number of thiazole rings is 1. The molecule has 1 amide bonds. The monoisotopic (exact) mass is 356 g/mol. The van der Waals surface area contributed by atoms with E-state index in [1.807, 2.05) is 30.3 Å². The second-order valence-corrected chi connectivity index (χ2v) is 6.56. The Balaban J connectivity index is 1.61. The van der Waals surface area contributed by atoms with Crippen molar-refractivity contribution in [2.24, 2.45) is 0 Å². The number of rotatable bonds is 4. The lowest BCUT2D eigenvalue weighted by atomic mass is 10.1. The Kier molecular flexibility index (Phi) is 4.25. The Labute approximate surface area is 148 Å². The fourth-order valence-electron chi connectivity index (χ4n) is 2.71. The van der Waals surface area contributed by atoms with Gasteiger partial charge in [0.25, 0.3) is 5.91 Å². The zero-order chi connectivity index (χ0) is 17.2. The Morgan fingerprint density at radius 3 is 2.80 bits per heavy atom. The molecule has 0 saturated heterocycles. The van der Waals surface area contributed by atoms with E-state index in [4.69, 9.17) is 14.2 Å². The predicted octanol–water partition coefficient (Wildman–Crippen LogP) is 3.47. The molecule has 2 heterocycles. The molecule has 1 aliphatic rings. The summed E-state index contributed by atoms with van der Waals surface area (Å²) in [4.78, 5) is 17.1. The zero-order valence-corrected chi connectivity index (χ0v) is 14.4. The van der Waals surface area contributed by atoms with Crippen molar-refractivity contribution in [1.29, 1.82) is 0 Å². The van der Waals surface area contributed by atoms with Gasteiger partial charge < -0.3 is 14.2 Å². The van der Waals surface area contributed by atoms with Crippen LogP contribution in [0.3, 0.4) is 0 Å². The smallest absolute Gasteiger partial charge is 0.257 e. The first kappa shape index (κ1) is 15.9. The Bertz CT molecular complexity index is 895. The lowest BCUT2D eigenvalue weighted by Gasteiger charge is -2.17. The summed E-state index contributed by atoms with van der Waals surface area (Å²) in [5.74, 6) is 1.20. The second-order valence-electron chi connectivity index (χ2n) is 5.53. The van der Waals surface area contributed by atoms with Gasteiger partial charge in [-0.05, 0) is 11.6 Å². The molecule has 0 aliphatic carbocycles. The highest BCUT2D eigenvalue weighted by Gasteiger charge is 2.17. The number of ether oxygens (including phenoxy) is 3. The van der Waals surface area contributed by atoms with Gasteiger partial charge >= 0.3 is 0 Å². The van der Waals surface area contributed by atoms with Gasteiger partial charge in [-0.25, -0.2) is 4.98 Å². The Morgan fingerprint density at radius 1 is 1.24 bits per heavy atom. The first-order chi connectivity index (χ1) is 12.2. The van der Waals surface area contributed by atoms with E-state index in [0.717, 1.165) is 15.8 Å². The number of nitrogens with zero attached hydrogens (tertiary/aromatic N) is 1. The van der Waals surface area contributed by atoms with Crippen LogP contribution in [0.5, 0.6) is 11.5 Å². The van der Waals surface area contributed by atoms with Crippen molar-refractivity contribution < 1.29 is 19.0 Å². The first-order valence-electron chi connectivity index (χ1n) is 7.83. The average molecular weight is 356 g/mol. The van der Waals surface area contributed by atoms with Crippen LogP contribution >= 0.6 is 11.3 Å². The van der Waals surface area contributed by atoms with Gasteiger partial charge in [-0.15, -0.1) is 0 Å². The van der Waals surface area contributed by atoms with Crippen LogP contribution < -0.4 is 14.8 Å². The molecule has 0 radical (unpaired) electrons. The molecular weight excluding hydrogens is 340 g/mol. The van der Waals surface area contributed by atoms with Gasteiger partial charge in [-0.3, -0.25) is 10.1 Å². The van der Waals surface area contributed by atoms with Crippen LogP contribution in [0.2, 0.25) is 0 Å². The second kappa shape index (κ2) is 6.70. The highest BCUT2D eigenvalue weighted by molar-refractivity contribution is 7.22. The van der Waals surface area contributed by atoms with Crippen molar-refractivity contribution in [2.75, 3.05) is 25.6 Å². The van der Waals surface area contributed by atoms with E-state index < -0.39 is 0 Å². The zero-order valence-electron chi connectivity index (χ0n) is 13.6. The van der Waals surface area contributed by atoms with Gasteiger partial charge in [-0.2, -0.15) is 0 Å². The molecule has 0 unspecified atom stereocenters. The number of carbonyl (C=O) groups is 1. The van der Waals surface area contributed by atoms with Crippen molar-refractivity contribution in [2.45, 2.75) is 6.61 Å². The van der Waals surface area contributed by atoms with Crippen LogP contribution in [-0.4, -0.2) is 31.2 Å². The highest BCUT2D eigenvalue weighted by atomic mass is 32.1. The van der Waals surface area contributed by atoms with Crippen molar-refractivity contribution in [1.82, 2.24) is 4.98 Å². The number of benzene rings is 2. The number of anilines is 1. The molecular formula is C18H16N2O4S. The van der Waals surface area contributed by atoms with E-state index >= 15 is 0 Å². The highest BCUT2D eigenvalue weighted by Crippen LogP contribution is 2.37. The molecule has 1 aromatic heterocycles. The normalized spacial score (nSPS) is 13.0. The van der Waals surface area contributed by atoms with Gasteiger partial charge in [0.1, 0.15) is 13.2 Å². The molecule has 1 aliphatic heterocycles. The fourth-order valence-corrected chi connectivity index (χ4v) is 3.58. The molecule has 4 rings (SSSR count). The topological polar surface area (TPSA) is 69.7 Å². The van der Waals surface area contributed by atoms with E-state index in [9.17, 15) is 4.79 Å². The predicted molar refractivity (Wildman–Crippen MR) is 95.7 cm³/mol. The van der Waals surface area contributed by atoms with E-state index in [-0.39, 0.29) is 5.91 Å². The third kappa shape index (κ3) is 3.16. The third-order valence-corrected chi connectivity index (χ3v) is 4.77. The fraction of sp³-hybridized carbons (Fsp3) is 0.222. The number of hydrogen-bond donors (Lipinski definition) is 1. The number of fused-ring (bicyclic) bond motifs is 2. The summed E-state index contributed by atoms with van der Waals surface area (Å²) >= 11 is 1.40. The Hall–Kier alpha value is -2.64. The van der Waals surface area contributed by atoms with Crippen molar-refractivity contribution in [3.05, 3.63) is 47.5 Å². The average Bonchev–Trinajstić information content (AvgIpc) is 3.01. The number of carbonyl (C=O) groups excluding carboxylic acids is 1. The summed E-state index contributed by atoms with van der Waals surface area (Å²) in [5, 5.41) is 3.40. The summed E-state index contributed by atoms with van der Waals surface area (Å²) in [7, 11) is 1.61. The molecule has 0 saturated carbocycles. The summed E-state index contributed by atoms with van der Waals surface area (Å²) in [6.45, 7) is 1.45. The van der Waals surface area contributed by atoms with E-state index in [1.54, 1.807) is 13.2 Å². The van der Waals surface area contributed by atoms with Crippen LogP contribution in [0.15, 0.2) is 36.4 Å². The van der Waals surface area contributed by atoms with Crippen molar-refractivity contribution in [3.63, 3.8) is 0 Å². The maximum absolute atomic E-state index is 12.6. The maximum Gasteiger partial charge on any atom is 0.257 e. The molecule has 0 atom stereocenters. The first-order valence-corrected chi connectivity index (χ1v) is 8.64. The van der Waals surface area contributed by atoms with E-state index in [0.29, 0.717) is 42.0 Å². The minimum Gasteiger partial charge on any atom is -0.486 e. The maximum atomic E-state index is 12.6. The van der Waals surface area contributed by atoms with Crippen LogP contribution in [0.4, 0.5) is 5.13 Å². The van der Waals surface area contributed by atoms with Gasteiger partial charge in [0.2, 0.25) is 0 Å². The number of hydrogen-bond acceptors (Lipinski definition) is 6. The van der Waals surface area contributed by atoms with Crippen molar-refractivity contribution in [3.8, 4) is 11.5 Å². The number of methoxy groups -OCH3 is 1. The SMILES string of the molecule is COCc1ccccc1C(=O)Nc1nc2cc3c(cc2s1)OCCO3. The molecule has 6 nitrogen and oxygen atoms in total.